The lowest BCUT2D eigenvalue weighted by atomic mass is 10.1. The molecule has 0 spiro atoms. The Hall–Kier alpha value is -2.42. The molecule has 3 aromatic rings. The van der Waals surface area contributed by atoms with Crippen LogP contribution >= 0.6 is 0 Å². The molecular formula is C14H10N2O. The van der Waals surface area contributed by atoms with Crippen molar-refractivity contribution in [3.05, 3.63) is 54.2 Å². The van der Waals surface area contributed by atoms with Crippen LogP contribution in [0.15, 0.2) is 48.7 Å². The molecule has 0 saturated heterocycles. The number of aromatic amines is 1. The smallest absolute Gasteiger partial charge is 0.152 e. The van der Waals surface area contributed by atoms with Crippen LogP contribution in [0.25, 0.3) is 22.3 Å². The van der Waals surface area contributed by atoms with Crippen molar-refractivity contribution in [2.75, 3.05) is 0 Å². The summed E-state index contributed by atoms with van der Waals surface area (Å²) in [5.41, 5.74) is 3.21. The van der Waals surface area contributed by atoms with Crippen LogP contribution in [0.2, 0.25) is 0 Å². The molecule has 3 nitrogen and oxygen atoms in total. The highest BCUT2D eigenvalue weighted by atomic mass is 16.1. The molecule has 0 radical (unpaired) electrons. The van der Waals surface area contributed by atoms with Gasteiger partial charge in [0, 0.05) is 22.7 Å². The molecule has 0 fully saturated rings. The van der Waals surface area contributed by atoms with Crippen LogP contribution in [0.4, 0.5) is 0 Å². The fourth-order valence-electron chi connectivity index (χ4n) is 1.94. The molecule has 0 saturated carbocycles. The van der Waals surface area contributed by atoms with Crippen LogP contribution in [-0.4, -0.2) is 16.3 Å². The van der Waals surface area contributed by atoms with E-state index in [1.165, 1.54) is 0 Å². The molecule has 0 amide bonds. The average Bonchev–Trinajstić information content (AvgIpc) is 2.82. The SMILES string of the molecule is O=Cc1cccnc1-c1cc2ccccc2[nH]1. The third kappa shape index (κ3) is 1.61. The number of aldehydes is 1. The van der Waals surface area contributed by atoms with E-state index < -0.39 is 0 Å². The topological polar surface area (TPSA) is 45.8 Å². The Bertz CT molecular complexity index is 652. The van der Waals surface area contributed by atoms with Crippen molar-refractivity contribution in [2.45, 2.75) is 0 Å². The van der Waals surface area contributed by atoms with Gasteiger partial charge in [-0.2, -0.15) is 0 Å². The maximum atomic E-state index is 11.0. The molecule has 3 heteroatoms. The number of rotatable bonds is 2. The van der Waals surface area contributed by atoms with Crippen molar-refractivity contribution in [2.24, 2.45) is 0 Å². The first-order valence-electron chi connectivity index (χ1n) is 5.37. The number of nitrogens with one attached hydrogen (secondary N) is 1. The van der Waals surface area contributed by atoms with Crippen LogP contribution in [0.1, 0.15) is 10.4 Å². The van der Waals surface area contributed by atoms with E-state index >= 15 is 0 Å². The minimum Gasteiger partial charge on any atom is -0.353 e. The standard InChI is InChI=1S/C14H10N2O/c17-9-11-5-3-7-15-14(11)13-8-10-4-1-2-6-12(10)16-13/h1-9,16H. The Morgan fingerprint density at radius 1 is 1.12 bits per heavy atom. The first-order chi connectivity index (χ1) is 8.38. The number of benzene rings is 1. The van der Waals surface area contributed by atoms with Crippen molar-refractivity contribution >= 4 is 17.2 Å². The van der Waals surface area contributed by atoms with Crippen LogP contribution in [-0.2, 0) is 0 Å². The van der Waals surface area contributed by atoms with Gasteiger partial charge in [-0.3, -0.25) is 9.78 Å². The molecular weight excluding hydrogens is 212 g/mol. The van der Waals surface area contributed by atoms with Crippen molar-refractivity contribution in [3.63, 3.8) is 0 Å². The summed E-state index contributed by atoms with van der Waals surface area (Å²) in [5, 5.41) is 1.12. The second-order valence-corrected chi connectivity index (χ2v) is 3.83. The summed E-state index contributed by atoms with van der Waals surface area (Å²) in [4.78, 5) is 18.5. The van der Waals surface area contributed by atoms with E-state index in [0.29, 0.717) is 11.3 Å². The van der Waals surface area contributed by atoms with Crippen LogP contribution in [0, 0.1) is 0 Å². The Kier molecular flexibility index (Phi) is 2.22. The molecule has 2 heterocycles. The van der Waals surface area contributed by atoms with Crippen molar-refractivity contribution in [1.82, 2.24) is 9.97 Å². The Morgan fingerprint density at radius 2 is 2.00 bits per heavy atom. The second kappa shape index (κ2) is 3.87. The zero-order valence-corrected chi connectivity index (χ0v) is 9.05. The van der Waals surface area contributed by atoms with Crippen LogP contribution in [0.3, 0.4) is 0 Å². The molecule has 0 aliphatic rings. The van der Waals surface area contributed by atoms with E-state index in [9.17, 15) is 4.79 Å². The third-order valence-electron chi connectivity index (χ3n) is 2.75. The van der Waals surface area contributed by atoms with Gasteiger partial charge in [0.25, 0.3) is 0 Å². The van der Waals surface area contributed by atoms with Crippen molar-refractivity contribution in [3.8, 4) is 11.4 Å². The maximum absolute atomic E-state index is 11.0. The normalized spacial score (nSPS) is 10.6. The number of carbonyl (C=O) groups excluding carboxylic acids is 1. The van der Waals surface area contributed by atoms with Gasteiger partial charge in [-0.25, -0.2) is 0 Å². The molecule has 0 aliphatic carbocycles. The highest BCUT2D eigenvalue weighted by molar-refractivity contribution is 5.90. The van der Waals surface area contributed by atoms with Gasteiger partial charge in [0.2, 0.25) is 0 Å². The van der Waals surface area contributed by atoms with Gasteiger partial charge in [0.1, 0.15) is 0 Å². The van der Waals surface area contributed by atoms with E-state index in [-0.39, 0.29) is 0 Å². The van der Waals surface area contributed by atoms with Gasteiger partial charge >= 0.3 is 0 Å². The number of para-hydroxylation sites is 1. The minimum absolute atomic E-state index is 0.596. The Labute approximate surface area is 98.1 Å². The zero-order valence-electron chi connectivity index (χ0n) is 9.05. The predicted molar refractivity (Wildman–Crippen MR) is 66.9 cm³/mol. The fraction of sp³-hybridized carbons (Fsp3) is 0. The van der Waals surface area contributed by atoms with Crippen molar-refractivity contribution in [1.29, 1.82) is 0 Å². The summed E-state index contributed by atoms with van der Waals surface area (Å²) in [6.07, 6.45) is 2.52. The zero-order chi connectivity index (χ0) is 11.7. The summed E-state index contributed by atoms with van der Waals surface area (Å²) in [6, 6.07) is 13.5. The van der Waals surface area contributed by atoms with Gasteiger partial charge in [-0.05, 0) is 24.3 Å². The lowest BCUT2D eigenvalue weighted by Crippen LogP contribution is -1.90. The molecule has 1 N–H and O–H groups in total. The lowest BCUT2D eigenvalue weighted by molar-refractivity contribution is 0.112. The second-order valence-electron chi connectivity index (χ2n) is 3.83. The molecule has 3 rings (SSSR count). The molecule has 1 aromatic carbocycles. The molecule has 0 aliphatic heterocycles. The molecule has 2 aromatic heterocycles. The number of carbonyl (C=O) groups is 1. The molecule has 82 valence electrons. The number of H-pyrrole nitrogens is 1. The van der Waals surface area contributed by atoms with E-state index in [4.69, 9.17) is 0 Å². The summed E-state index contributed by atoms with van der Waals surface area (Å²) in [6.45, 7) is 0. The van der Waals surface area contributed by atoms with Crippen molar-refractivity contribution < 1.29 is 4.79 Å². The highest BCUT2D eigenvalue weighted by Gasteiger charge is 2.08. The number of fused-ring (bicyclic) bond motifs is 1. The van der Waals surface area contributed by atoms with Gasteiger partial charge < -0.3 is 4.98 Å². The van der Waals surface area contributed by atoms with E-state index in [1.807, 2.05) is 30.3 Å². The van der Waals surface area contributed by atoms with Gasteiger partial charge in [-0.15, -0.1) is 0 Å². The first kappa shape index (κ1) is 9.78. The summed E-state index contributed by atoms with van der Waals surface area (Å²) in [7, 11) is 0. The third-order valence-corrected chi connectivity index (χ3v) is 2.75. The summed E-state index contributed by atoms with van der Waals surface area (Å²) in [5.74, 6) is 0. The number of hydrogen-bond donors (Lipinski definition) is 1. The first-order valence-corrected chi connectivity index (χ1v) is 5.37. The fourth-order valence-corrected chi connectivity index (χ4v) is 1.94. The molecule has 0 unspecified atom stereocenters. The highest BCUT2D eigenvalue weighted by Crippen LogP contribution is 2.24. The Morgan fingerprint density at radius 3 is 2.82 bits per heavy atom. The number of pyridine rings is 1. The quantitative estimate of drug-likeness (QED) is 0.677. The van der Waals surface area contributed by atoms with E-state index in [0.717, 1.165) is 22.9 Å². The summed E-state index contributed by atoms with van der Waals surface area (Å²) >= 11 is 0. The van der Waals surface area contributed by atoms with E-state index in [1.54, 1.807) is 18.3 Å². The number of hydrogen-bond acceptors (Lipinski definition) is 2. The van der Waals surface area contributed by atoms with Gasteiger partial charge in [0.05, 0.1) is 11.4 Å². The predicted octanol–water partition coefficient (Wildman–Crippen LogP) is 3.04. The number of aromatic nitrogens is 2. The molecule has 0 atom stereocenters. The monoisotopic (exact) mass is 222 g/mol. The average molecular weight is 222 g/mol. The van der Waals surface area contributed by atoms with Crippen LogP contribution < -0.4 is 0 Å². The summed E-state index contributed by atoms with van der Waals surface area (Å²) < 4.78 is 0. The lowest BCUT2D eigenvalue weighted by Gasteiger charge is -1.99. The molecule has 0 bridgehead atoms. The van der Waals surface area contributed by atoms with Gasteiger partial charge in [0.15, 0.2) is 6.29 Å². The minimum atomic E-state index is 0.596. The number of nitrogens with zero attached hydrogens (tertiary/aromatic N) is 1. The largest absolute Gasteiger partial charge is 0.353 e. The maximum Gasteiger partial charge on any atom is 0.152 e. The van der Waals surface area contributed by atoms with Crippen LogP contribution in [0.5, 0.6) is 0 Å². The van der Waals surface area contributed by atoms with Gasteiger partial charge in [-0.1, -0.05) is 18.2 Å². The Balaban J connectivity index is 2.23. The molecule has 17 heavy (non-hydrogen) atoms. The van der Waals surface area contributed by atoms with E-state index in [2.05, 4.69) is 9.97 Å².